The monoisotopic (exact) mass is 388 g/mol. The molecule has 0 aliphatic rings. The number of nitrogens with zero attached hydrogens (tertiary/aromatic N) is 3. The third kappa shape index (κ3) is 2.86. The van der Waals surface area contributed by atoms with Crippen LogP contribution in [0.3, 0.4) is 0 Å². The van der Waals surface area contributed by atoms with Crippen LogP contribution >= 0.6 is 11.6 Å². The Morgan fingerprint density at radius 2 is 1.92 bits per heavy atom. The van der Waals surface area contributed by atoms with Crippen molar-refractivity contribution in [3.8, 4) is 6.07 Å². The average Bonchev–Trinajstić information content (AvgIpc) is 3.02. The van der Waals surface area contributed by atoms with Crippen LogP contribution in [-0.2, 0) is 10.0 Å². The van der Waals surface area contributed by atoms with Gasteiger partial charge in [-0.3, -0.25) is 4.79 Å². The number of aromatic amines is 1. The average molecular weight is 389 g/mol. The summed E-state index contributed by atoms with van der Waals surface area (Å²) in [6, 6.07) is 11.4. The van der Waals surface area contributed by atoms with E-state index in [1.54, 1.807) is 30.3 Å². The Labute approximate surface area is 154 Å². The topological polar surface area (TPSA) is 107 Å². The fourth-order valence-electron chi connectivity index (χ4n) is 2.52. The molecule has 0 aliphatic heterocycles. The van der Waals surface area contributed by atoms with Crippen LogP contribution in [0, 0.1) is 11.3 Å². The van der Waals surface area contributed by atoms with Crippen molar-refractivity contribution < 1.29 is 13.2 Å². The van der Waals surface area contributed by atoms with Gasteiger partial charge in [-0.1, -0.05) is 41.9 Å². The lowest BCUT2D eigenvalue weighted by atomic mass is 10.0. The summed E-state index contributed by atoms with van der Waals surface area (Å²) in [7, 11) is -1.38. The molecule has 26 heavy (non-hydrogen) atoms. The minimum absolute atomic E-state index is 0.000990. The molecule has 3 aromatic rings. The highest BCUT2D eigenvalue weighted by Crippen LogP contribution is 2.34. The summed E-state index contributed by atoms with van der Waals surface area (Å²) < 4.78 is 26.8. The largest absolute Gasteiger partial charge is 0.329 e. The molecule has 0 unspecified atom stereocenters. The van der Waals surface area contributed by atoms with Crippen molar-refractivity contribution in [3.63, 3.8) is 0 Å². The first-order valence-electron chi connectivity index (χ1n) is 7.42. The summed E-state index contributed by atoms with van der Waals surface area (Å²) >= 11 is 6.28. The van der Waals surface area contributed by atoms with E-state index in [2.05, 4.69) is 9.97 Å². The number of ketones is 1. The molecule has 9 heteroatoms. The van der Waals surface area contributed by atoms with Gasteiger partial charge in [0.15, 0.2) is 5.78 Å². The SMILES string of the molecule is CN(C)S(=O)(=O)c1c(C(=O)c2ccccc2)c(Cl)cc2[nH]c(C#N)nc12. The minimum atomic E-state index is -4.07. The molecule has 0 saturated heterocycles. The molecule has 7 nitrogen and oxygen atoms in total. The Morgan fingerprint density at radius 3 is 2.50 bits per heavy atom. The molecule has 1 aromatic heterocycles. The Morgan fingerprint density at radius 1 is 1.27 bits per heavy atom. The van der Waals surface area contributed by atoms with E-state index in [1.807, 2.05) is 6.07 Å². The lowest BCUT2D eigenvalue weighted by molar-refractivity contribution is 0.103. The van der Waals surface area contributed by atoms with Crippen LogP contribution < -0.4 is 0 Å². The third-order valence-corrected chi connectivity index (χ3v) is 5.96. The number of hydrogen-bond acceptors (Lipinski definition) is 5. The second kappa shape index (κ2) is 6.53. The number of halogens is 1. The normalized spacial score (nSPS) is 11.7. The van der Waals surface area contributed by atoms with Gasteiger partial charge in [0.1, 0.15) is 16.5 Å². The van der Waals surface area contributed by atoms with Crippen LogP contribution in [-0.4, -0.2) is 42.6 Å². The van der Waals surface area contributed by atoms with Crippen molar-refractivity contribution in [2.45, 2.75) is 4.90 Å². The maximum Gasteiger partial charge on any atom is 0.245 e. The standard InChI is InChI=1S/C17H13ClN4O3S/c1-22(2)26(24,25)17-14(16(23)10-6-4-3-5-7-10)11(18)8-12-15(17)21-13(9-19)20-12/h3-8H,1-2H3,(H,20,21). The molecular weight excluding hydrogens is 376 g/mol. The Kier molecular flexibility index (Phi) is 4.54. The van der Waals surface area contributed by atoms with E-state index < -0.39 is 15.8 Å². The van der Waals surface area contributed by atoms with Crippen LogP contribution in [0.4, 0.5) is 0 Å². The first kappa shape index (κ1) is 18.1. The summed E-state index contributed by atoms with van der Waals surface area (Å²) in [5.74, 6) is -0.616. The number of carbonyl (C=O) groups is 1. The highest BCUT2D eigenvalue weighted by molar-refractivity contribution is 7.89. The zero-order valence-electron chi connectivity index (χ0n) is 13.8. The van der Waals surface area contributed by atoms with E-state index in [-0.39, 0.29) is 32.3 Å². The van der Waals surface area contributed by atoms with Crippen LogP contribution in [0.15, 0.2) is 41.3 Å². The minimum Gasteiger partial charge on any atom is -0.329 e. The van der Waals surface area contributed by atoms with Crippen LogP contribution in [0.2, 0.25) is 5.02 Å². The Hall–Kier alpha value is -2.73. The molecule has 1 heterocycles. The number of aromatic nitrogens is 2. The molecule has 2 aromatic carbocycles. The first-order chi connectivity index (χ1) is 12.3. The van der Waals surface area contributed by atoms with Crippen LogP contribution in [0.5, 0.6) is 0 Å². The van der Waals surface area contributed by atoms with Crippen molar-refractivity contribution in [2.24, 2.45) is 0 Å². The zero-order chi connectivity index (χ0) is 19.1. The van der Waals surface area contributed by atoms with Crippen LogP contribution in [0.1, 0.15) is 21.7 Å². The number of sulfonamides is 1. The van der Waals surface area contributed by atoms with E-state index in [9.17, 15) is 13.2 Å². The molecule has 1 N–H and O–H groups in total. The summed E-state index contributed by atoms with van der Waals surface area (Å²) in [5.41, 5.74) is 0.380. The summed E-state index contributed by atoms with van der Waals surface area (Å²) in [5, 5.41) is 9.02. The highest BCUT2D eigenvalue weighted by atomic mass is 35.5. The lowest BCUT2D eigenvalue weighted by Gasteiger charge is -2.16. The van der Waals surface area contributed by atoms with Crippen molar-refractivity contribution in [1.82, 2.24) is 14.3 Å². The van der Waals surface area contributed by atoms with Gasteiger partial charge in [0.2, 0.25) is 15.8 Å². The molecule has 3 rings (SSSR count). The number of nitriles is 1. The number of carbonyl (C=O) groups excluding carboxylic acids is 1. The van der Waals surface area contributed by atoms with Gasteiger partial charge in [-0.25, -0.2) is 17.7 Å². The molecule has 132 valence electrons. The predicted molar refractivity (Wildman–Crippen MR) is 96.6 cm³/mol. The number of imidazole rings is 1. The van der Waals surface area contributed by atoms with Gasteiger partial charge in [-0.15, -0.1) is 0 Å². The second-order valence-electron chi connectivity index (χ2n) is 5.64. The number of nitrogens with one attached hydrogen (secondary N) is 1. The molecule has 0 spiro atoms. The van der Waals surface area contributed by atoms with Crippen molar-refractivity contribution in [2.75, 3.05) is 14.1 Å². The van der Waals surface area contributed by atoms with Gasteiger partial charge in [-0.05, 0) is 6.07 Å². The van der Waals surface area contributed by atoms with E-state index in [0.717, 1.165) is 4.31 Å². The summed E-state index contributed by atoms with van der Waals surface area (Å²) in [4.78, 5) is 19.4. The van der Waals surface area contributed by atoms with Gasteiger partial charge < -0.3 is 4.98 Å². The third-order valence-electron chi connectivity index (χ3n) is 3.79. The maximum atomic E-state index is 13.0. The molecule has 0 bridgehead atoms. The first-order valence-corrected chi connectivity index (χ1v) is 9.23. The lowest BCUT2D eigenvalue weighted by Crippen LogP contribution is -2.25. The molecule has 0 saturated carbocycles. The fraction of sp³-hybridized carbons (Fsp3) is 0.118. The van der Waals surface area contributed by atoms with E-state index in [1.165, 1.54) is 20.2 Å². The Balaban J connectivity index is 2.44. The Bertz CT molecular complexity index is 1160. The van der Waals surface area contributed by atoms with Crippen molar-refractivity contribution in [1.29, 1.82) is 5.26 Å². The van der Waals surface area contributed by atoms with Crippen LogP contribution in [0.25, 0.3) is 11.0 Å². The van der Waals surface area contributed by atoms with Gasteiger partial charge in [0, 0.05) is 19.7 Å². The van der Waals surface area contributed by atoms with Gasteiger partial charge in [-0.2, -0.15) is 5.26 Å². The van der Waals surface area contributed by atoms with Gasteiger partial charge in [0.25, 0.3) is 0 Å². The number of hydrogen-bond donors (Lipinski definition) is 1. The van der Waals surface area contributed by atoms with Gasteiger partial charge in [0.05, 0.1) is 16.1 Å². The quantitative estimate of drug-likeness (QED) is 0.691. The molecule has 0 aliphatic carbocycles. The van der Waals surface area contributed by atoms with Gasteiger partial charge >= 0.3 is 0 Å². The number of H-pyrrole nitrogens is 1. The van der Waals surface area contributed by atoms with E-state index in [4.69, 9.17) is 16.9 Å². The zero-order valence-corrected chi connectivity index (χ0v) is 15.4. The molecule has 0 atom stereocenters. The fourth-order valence-corrected chi connectivity index (χ4v) is 4.09. The molecule has 0 fully saturated rings. The van der Waals surface area contributed by atoms with Crippen molar-refractivity contribution in [3.05, 3.63) is 58.4 Å². The smallest absolute Gasteiger partial charge is 0.245 e. The van der Waals surface area contributed by atoms with Crippen molar-refractivity contribution >= 4 is 38.4 Å². The number of fused-ring (bicyclic) bond motifs is 1. The summed E-state index contributed by atoms with van der Waals surface area (Å²) in [6.07, 6.45) is 0. The number of rotatable bonds is 4. The molecule has 0 amide bonds. The predicted octanol–water partition coefficient (Wildman–Crippen LogP) is 2.57. The van der Waals surface area contributed by atoms with E-state index in [0.29, 0.717) is 5.56 Å². The summed E-state index contributed by atoms with van der Waals surface area (Å²) in [6.45, 7) is 0. The maximum absolute atomic E-state index is 13.0. The highest BCUT2D eigenvalue weighted by Gasteiger charge is 2.32. The molecular formula is C17H13ClN4O3S. The van der Waals surface area contributed by atoms with E-state index >= 15 is 0 Å². The second-order valence-corrected chi connectivity index (χ2v) is 8.13. The molecule has 0 radical (unpaired) electrons. The number of benzene rings is 2.